The summed E-state index contributed by atoms with van der Waals surface area (Å²) in [5.74, 6) is -1.07. The largest absolute Gasteiger partial charge is 0.341 e. The van der Waals surface area contributed by atoms with Crippen LogP contribution >= 0.6 is 0 Å². The van der Waals surface area contributed by atoms with Crippen LogP contribution in [0.1, 0.15) is 51.0 Å². The lowest BCUT2D eigenvalue weighted by molar-refractivity contribution is -0.139. The third kappa shape index (κ3) is 3.82. The van der Waals surface area contributed by atoms with Gasteiger partial charge in [0.25, 0.3) is 5.91 Å². The molecule has 1 aromatic rings. The van der Waals surface area contributed by atoms with Gasteiger partial charge in [0.05, 0.1) is 0 Å². The number of carbonyl (C=O) groups is 3. The van der Waals surface area contributed by atoms with E-state index in [0.717, 1.165) is 30.6 Å². The van der Waals surface area contributed by atoms with Crippen LogP contribution in [-0.2, 0) is 15.1 Å². The number of hydrogen-bond acceptors (Lipinski definition) is 3. The van der Waals surface area contributed by atoms with Crippen molar-refractivity contribution in [2.45, 2.75) is 51.0 Å². The first-order chi connectivity index (χ1) is 13.0. The number of likely N-dealkylation sites (tertiary alicyclic amines) is 1. The van der Waals surface area contributed by atoms with E-state index in [1.807, 2.05) is 0 Å². The molecule has 0 saturated carbocycles. The number of nitrogens with one attached hydrogen (secondary N) is 1. The molecule has 3 rings (SSSR count). The van der Waals surface area contributed by atoms with Crippen molar-refractivity contribution in [2.24, 2.45) is 0 Å². The Balaban J connectivity index is 1.76. The van der Waals surface area contributed by atoms with Crippen molar-refractivity contribution >= 4 is 17.8 Å². The monoisotopic (exact) mass is 375 g/mol. The van der Waals surface area contributed by atoms with Crippen molar-refractivity contribution in [2.75, 3.05) is 19.6 Å². The van der Waals surface area contributed by atoms with Crippen LogP contribution in [0.15, 0.2) is 24.3 Å². The maximum Gasteiger partial charge on any atom is 0.325 e. The lowest BCUT2D eigenvalue weighted by Gasteiger charge is -2.27. The van der Waals surface area contributed by atoms with E-state index in [2.05, 4.69) is 5.32 Å². The van der Waals surface area contributed by atoms with Gasteiger partial charge < -0.3 is 10.2 Å². The quantitative estimate of drug-likeness (QED) is 0.823. The number of rotatable bonds is 4. The Morgan fingerprint density at radius 3 is 2.26 bits per heavy atom. The summed E-state index contributed by atoms with van der Waals surface area (Å²) in [6.45, 7) is 2.86. The molecule has 2 saturated heterocycles. The Hall–Kier alpha value is -2.44. The van der Waals surface area contributed by atoms with Gasteiger partial charge in [-0.1, -0.05) is 38.3 Å². The van der Waals surface area contributed by atoms with E-state index in [1.165, 1.54) is 30.7 Å². The molecule has 1 N–H and O–H groups in total. The first-order valence-electron chi connectivity index (χ1n) is 9.66. The normalized spacial score (nSPS) is 23.8. The molecule has 6 nitrogen and oxygen atoms in total. The van der Waals surface area contributed by atoms with E-state index in [-0.39, 0.29) is 12.5 Å². The van der Waals surface area contributed by atoms with E-state index in [1.54, 1.807) is 11.8 Å². The summed E-state index contributed by atoms with van der Waals surface area (Å²) in [5, 5.41) is 2.73. The van der Waals surface area contributed by atoms with Gasteiger partial charge in [0.1, 0.15) is 17.9 Å². The molecule has 7 heteroatoms. The molecule has 2 heterocycles. The van der Waals surface area contributed by atoms with Gasteiger partial charge in [-0.2, -0.15) is 0 Å². The number of nitrogens with zero attached hydrogens (tertiary/aromatic N) is 2. The molecule has 0 bridgehead atoms. The highest BCUT2D eigenvalue weighted by Crippen LogP contribution is 2.32. The minimum Gasteiger partial charge on any atom is -0.341 e. The van der Waals surface area contributed by atoms with Gasteiger partial charge in [0, 0.05) is 13.1 Å². The van der Waals surface area contributed by atoms with E-state index >= 15 is 0 Å². The molecular weight excluding hydrogens is 349 g/mol. The second-order valence-electron chi connectivity index (χ2n) is 7.24. The zero-order chi connectivity index (χ0) is 19.4. The minimum atomic E-state index is -1.25. The Morgan fingerprint density at radius 2 is 1.67 bits per heavy atom. The molecule has 4 amide bonds. The van der Waals surface area contributed by atoms with E-state index in [9.17, 15) is 18.8 Å². The van der Waals surface area contributed by atoms with E-state index < -0.39 is 23.3 Å². The number of benzene rings is 1. The summed E-state index contributed by atoms with van der Waals surface area (Å²) in [5.41, 5.74) is -0.729. The van der Waals surface area contributed by atoms with Crippen LogP contribution in [-0.4, -0.2) is 47.3 Å². The molecule has 146 valence electrons. The summed E-state index contributed by atoms with van der Waals surface area (Å²) >= 11 is 0. The minimum absolute atomic E-state index is 0.202. The van der Waals surface area contributed by atoms with Crippen LogP contribution in [0.2, 0.25) is 0 Å². The molecule has 1 aromatic carbocycles. The van der Waals surface area contributed by atoms with Crippen LogP contribution in [0.4, 0.5) is 9.18 Å². The second kappa shape index (κ2) is 8.06. The molecule has 27 heavy (non-hydrogen) atoms. The summed E-state index contributed by atoms with van der Waals surface area (Å²) in [4.78, 5) is 41.0. The highest BCUT2D eigenvalue weighted by Gasteiger charge is 2.51. The van der Waals surface area contributed by atoms with Gasteiger partial charge in [-0.05, 0) is 37.0 Å². The third-order valence-corrected chi connectivity index (χ3v) is 5.55. The summed E-state index contributed by atoms with van der Waals surface area (Å²) in [7, 11) is 0. The Morgan fingerprint density at radius 1 is 1.07 bits per heavy atom. The molecule has 1 atom stereocenters. The highest BCUT2D eigenvalue weighted by atomic mass is 19.1. The Bertz CT molecular complexity index is 714. The number of hydrogen-bond donors (Lipinski definition) is 1. The number of urea groups is 1. The average Bonchev–Trinajstić information content (AvgIpc) is 2.87. The maximum atomic E-state index is 13.3. The molecule has 0 spiro atoms. The van der Waals surface area contributed by atoms with Gasteiger partial charge in [-0.15, -0.1) is 0 Å². The van der Waals surface area contributed by atoms with Crippen LogP contribution in [0.25, 0.3) is 0 Å². The van der Waals surface area contributed by atoms with Gasteiger partial charge >= 0.3 is 6.03 Å². The molecule has 1 unspecified atom stereocenters. The van der Waals surface area contributed by atoms with Crippen molar-refractivity contribution in [3.8, 4) is 0 Å². The molecule has 0 aromatic heterocycles. The lowest BCUT2D eigenvalue weighted by atomic mass is 9.87. The van der Waals surface area contributed by atoms with Gasteiger partial charge in [-0.25, -0.2) is 9.18 Å². The molecule has 2 aliphatic rings. The van der Waals surface area contributed by atoms with Crippen LogP contribution in [0, 0.1) is 5.82 Å². The predicted molar refractivity (Wildman–Crippen MR) is 98.3 cm³/mol. The second-order valence-corrected chi connectivity index (χ2v) is 7.24. The first kappa shape index (κ1) is 19.3. The van der Waals surface area contributed by atoms with Gasteiger partial charge in [0.15, 0.2) is 0 Å². The number of amides is 4. The van der Waals surface area contributed by atoms with Crippen molar-refractivity contribution in [1.82, 2.24) is 15.1 Å². The van der Waals surface area contributed by atoms with Crippen molar-refractivity contribution < 1.29 is 18.8 Å². The van der Waals surface area contributed by atoms with Crippen molar-refractivity contribution in [1.29, 1.82) is 0 Å². The van der Waals surface area contributed by atoms with Gasteiger partial charge in [0.2, 0.25) is 5.91 Å². The predicted octanol–water partition coefficient (Wildman–Crippen LogP) is 2.78. The Labute approximate surface area is 158 Å². The summed E-state index contributed by atoms with van der Waals surface area (Å²) in [6.07, 6.45) is 5.58. The molecule has 2 fully saturated rings. The van der Waals surface area contributed by atoms with Crippen LogP contribution in [0.5, 0.6) is 0 Å². The Kier molecular flexibility index (Phi) is 5.77. The fourth-order valence-electron chi connectivity index (χ4n) is 3.88. The van der Waals surface area contributed by atoms with Crippen molar-refractivity contribution in [3.63, 3.8) is 0 Å². The molecule has 0 aliphatic carbocycles. The van der Waals surface area contributed by atoms with Gasteiger partial charge in [-0.3, -0.25) is 14.5 Å². The number of imide groups is 1. The summed E-state index contributed by atoms with van der Waals surface area (Å²) in [6, 6.07) is 4.95. The molecule has 0 radical (unpaired) electrons. The fraction of sp³-hybridized carbons (Fsp3) is 0.550. The first-order valence-corrected chi connectivity index (χ1v) is 9.66. The highest BCUT2D eigenvalue weighted by molar-refractivity contribution is 6.09. The van der Waals surface area contributed by atoms with E-state index in [4.69, 9.17) is 0 Å². The standard InChI is InChI=1S/C20H26FN3O3/c1-2-20(15-8-10-16(21)11-9-15)18(26)24(19(27)22-20)14-17(25)23-12-6-4-3-5-7-13-23/h8-11H,2-7,12-14H2,1H3,(H,22,27). The number of halogens is 1. The zero-order valence-electron chi connectivity index (χ0n) is 15.7. The average molecular weight is 375 g/mol. The maximum absolute atomic E-state index is 13.3. The van der Waals surface area contributed by atoms with Crippen LogP contribution < -0.4 is 5.32 Å². The lowest BCUT2D eigenvalue weighted by Crippen LogP contribution is -2.46. The van der Waals surface area contributed by atoms with Crippen LogP contribution in [0.3, 0.4) is 0 Å². The molecular formula is C20H26FN3O3. The van der Waals surface area contributed by atoms with Crippen molar-refractivity contribution in [3.05, 3.63) is 35.6 Å². The SMILES string of the molecule is CCC1(c2ccc(F)cc2)NC(=O)N(CC(=O)N2CCCCCCC2)C1=O. The smallest absolute Gasteiger partial charge is 0.325 e. The van der Waals surface area contributed by atoms with E-state index in [0.29, 0.717) is 25.1 Å². The zero-order valence-corrected chi connectivity index (χ0v) is 15.7. The third-order valence-electron chi connectivity index (χ3n) is 5.55. The summed E-state index contributed by atoms with van der Waals surface area (Å²) < 4.78 is 13.3. The fourth-order valence-corrected chi connectivity index (χ4v) is 3.88. The number of carbonyl (C=O) groups excluding carboxylic acids is 3. The topological polar surface area (TPSA) is 69.7 Å². The molecule has 2 aliphatic heterocycles.